The van der Waals surface area contributed by atoms with Crippen LogP contribution < -0.4 is 17.0 Å². The zero-order valence-corrected chi connectivity index (χ0v) is 20.1. The number of hydrogen-bond acceptors (Lipinski definition) is 3. The fraction of sp³-hybridized carbons (Fsp3) is 1.00. The van der Waals surface area contributed by atoms with Crippen LogP contribution in [-0.4, -0.2) is 37.3 Å². The first kappa shape index (κ1) is 33.7. The molecule has 26 heavy (non-hydrogen) atoms. The van der Waals surface area contributed by atoms with Gasteiger partial charge in [-0.1, -0.05) is 84.0 Å². The fourth-order valence-electron chi connectivity index (χ4n) is 2.78. The van der Waals surface area contributed by atoms with Gasteiger partial charge in [-0.15, -0.1) is 0 Å². The molecule has 0 unspecified atom stereocenters. The van der Waals surface area contributed by atoms with Crippen LogP contribution in [0, 0.1) is 15.3 Å². The maximum absolute atomic E-state index is 8.25. The summed E-state index contributed by atoms with van der Waals surface area (Å²) < 4.78 is 1.12. The van der Waals surface area contributed by atoms with Crippen LogP contribution in [0.1, 0.15) is 96.8 Å². The molecule has 7 heteroatoms. The monoisotopic (exact) mass is 481 g/mol. The molecule has 0 saturated carbocycles. The van der Waals surface area contributed by atoms with Crippen LogP contribution >= 0.6 is 0 Å². The molecule has 0 spiro atoms. The predicted molar refractivity (Wildman–Crippen MR) is 104 cm³/mol. The van der Waals surface area contributed by atoms with Gasteiger partial charge in [-0.2, -0.15) is 0 Å². The number of halogens is 1. The Bertz CT molecular complexity index is 274. The second-order valence-corrected chi connectivity index (χ2v) is 7.83. The Morgan fingerprint density at radius 3 is 1.12 bits per heavy atom. The minimum Gasteiger partial charge on any atom is -1.00 e. The topological polar surface area (TPSA) is 66.2 Å². The van der Waals surface area contributed by atoms with Crippen molar-refractivity contribution < 1.29 is 43.6 Å². The van der Waals surface area contributed by atoms with Crippen LogP contribution in [-0.2, 0) is 17.1 Å². The zero-order chi connectivity index (χ0) is 18.7. The molecule has 0 bridgehead atoms. The molecule has 0 aromatic rings. The van der Waals surface area contributed by atoms with E-state index in [1.165, 1.54) is 96.4 Å². The van der Waals surface area contributed by atoms with Gasteiger partial charge in [0.1, 0.15) is 0 Å². The van der Waals surface area contributed by atoms with Crippen molar-refractivity contribution in [1.82, 2.24) is 0 Å². The zero-order valence-electron chi connectivity index (χ0n) is 17.5. The smallest absolute Gasteiger partial charge is 0.0780 e. The molecule has 5 nitrogen and oxygen atoms in total. The molecular formula is C19H42BrFeN2O3-. The molecule has 0 radical (unpaired) electrons. The van der Waals surface area contributed by atoms with Gasteiger partial charge >= 0.3 is 0 Å². The molecule has 0 aromatic heterocycles. The summed E-state index contributed by atoms with van der Waals surface area (Å²) in [5.41, 5.74) is 0. The summed E-state index contributed by atoms with van der Waals surface area (Å²) in [6, 6.07) is 0. The largest absolute Gasteiger partial charge is 1.00 e. The first-order chi connectivity index (χ1) is 11.3. The van der Waals surface area contributed by atoms with Crippen molar-refractivity contribution in [2.45, 2.75) is 96.8 Å². The van der Waals surface area contributed by atoms with Gasteiger partial charge in [-0.25, -0.2) is 0 Å². The van der Waals surface area contributed by atoms with Gasteiger partial charge in [0.15, 0.2) is 0 Å². The average molecular weight is 482 g/mol. The Kier molecular flexibility index (Phi) is 32.6. The Morgan fingerprint density at radius 2 is 0.885 bits per heavy atom. The molecule has 162 valence electrons. The molecule has 0 rings (SSSR count). The minimum atomic E-state index is -1.75. The molecule has 0 amide bonds. The molecule has 0 aliphatic carbocycles. The van der Waals surface area contributed by atoms with E-state index in [1.807, 2.05) is 0 Å². The van der Waals surface area contributed by atoms with Crippen molar-refractivity contribution in [2.24, 2.45) is 0 Å². The number of nitrogens with zero attached hydrogens (tertiary/aromatic N) is 2. The second kappa shape index (κ2) is 25.2. The molecular weight excluding hydrogens is 440 g/mol. The van der Waals surface area contributed by atoms with E-state index in [2.05, 4.69) is 28.1 Å². The number of rotatable bonds is 15. The molecule has 0 atom stereocenters. The van der Waals surface area contributed by atoms with Gasteiger partial charge in [0.2, 0.25) is 0 Å². The molecule has 0 fully saturated rings. The molecule has 0 aliphatic heterocycles. The molecule has 0 aromatic carbocycles. The van der Waals surface area contributed by atoms with Crippen LogP contribution in [0.3, 0.4) is 0 Å². The van der Waals surface area contributed by atoms with E-state index in [1.54, 1.807) is 0 Å². The van der Waals surface area contributed by atoms with Crippen molar-refractivity contribution in [1.29, 1.82) is 0 Å². The second-order valence-electron chi connectivity index (χ2n) is 7.83. The van der Waals surface area contributed by atoms with E-state index in [-0.39, 0.29) is 34.1 Å². The summed E-state index contributed by atoms with van der Waals surface area (Å²) in [6.07, 6.45) is 20.4. The maximum Gasteiger partial charge on any atom is 0.0780 e. The molecule has 0 aliphatic rings. The first-order valence-electron chi connectivity index (χ1n) is 9.91. The normalized spacial score (nSPS) is 10.2. The van der Waals surface area contributed by atoms with Gasteiger partial charge in [0.05, 0.1) is 32.8 Å². The fourth-order valence-corrected chi connectivity index (χ4v) is 2.78. The third kappa shape index (κ3) is 44.0. The van der Waals surface area contributed by atoms with Gasteiger partial charge in [-0.05, 0) is 12.8 Å². The quantitative estimate of drug-likeness (QED) is 0.119. The molecule has 0 saturated heterocycles. The summed E-state index contributed by atoms with van der Waals surface area (Å²) in [5.74, 6) is 0. The Balaban J connectivity index is -0.000000363. The standard InChI is InChI=1S/C19H42N.BrH.Fe.NO3/c1-5-6-7-8-9-10-11-12-13-14-15-16-17-18-19-20(2,3)4;;;2-1(3)4/h5-19H2,1-4H3;1H;;/q+1;;;-1/p-1. The van der Waals surface area contributed by atoms with E-state index in [9.17, 15) is 0 Å². The summed E-state index contributed by atoms with van der Waals surface area (Å²) in [4.78, 5) is 8.25. The maximum atomic E-state index is 8.25. The number of hydrogen-bond donors (Lipinski definition) is 0. The van der Waals surface area contributed by atoms with Crippen LogP contribution in [0.4, 0.5) is 0 Å². The van der Waals surface area contributed by atoms with Crippen LogP contribution in [0.2, 0.25) is 0 Å². The first-order valence-corrected chi connectivity index (χ1v) is 9.91. The van der Waals surface area contributed by atoms with E-state index < -0.39 is 5.09 Å². The van der Waals surface area contributed by atoms with E-state index in [0.717, 1.165) is 4.48 Å². The van der Waals surface area contributed by atoms with Crippen molar-refractivity contribution in [3.63, 3.8) is 0 Å². The summed E-state index contributed by atoms with van der Waals surface area (Å²) >= 11 is 0. The average Bonchev–Trinajstić information content (AvgIpc) is 2.46. The molecule has 0 N–H and O–H groups in total. The predicted octanol–water partition coefficient (Wildman–Crippen LogP) is 2.94. The van der Waals surface area contributed by atoms with E-state index in [4.69, 9.17) is 15.3 Å². The number of quaternary nitrogens is 1. The number of unbranched alkanes of at least 4 members (excludes halogenated alkanes) is 13. The SMILES string of the molecule is CCCCCCCCCCCCCCCC[N+](C)(C)C.O=[N+]([O-])[O-].[Br-].[Fe]. The van der Waals surface area contributed by atoms with Crippen LogP contribution in [0.25, 0.3) is 0 Å². The van der Waals surface area contributed by atoms with E-state index in [0.29, 0.717) is 0 Å². The van der Waals surface area contributed by atoms with Crippen molar-refractivity contribution in [2.75, 3.05) is 27.7 Å². The van der Waals surface area contributed by atoms with Crippen molar-refractivity contribution >= 4 is 0 Å². The summed E-state index contributed by atoms with van der Waals surface area (Å²) in [5, 5.41) is 14.8. The summed E-state index contributed by atoms with van der Waals surface area (Å²) in [7, 11) is 6.88. The van der Waals surface area contributed by atoms with Crippen LogP contribution in [0.15, 0.2) is 0 Å². The third-order valence-corrected chi connectivity index (χ3v) is 4.18. The van der Waals surface area contributed by atoms with Gasteiger partial charge < -0.3 is 36.8 Å². The van der Waals surface area contributed by atoms with Gasteiger partial charge in [-0.3, -0.25) is 0 Å². The molecule has 0 heterocycles. The Labute approximate surface area is 183 Å². The van der Waals surface area contributed by atoms with Crippen LogP contribution in [0.5, 0.6) is 0 Å². The summed E-state index contributed by atoms with van der Waals surface area (Å²) in [6.45, 7) is 3.63. The Morgan fingerprint density at radius 1 is 0.654 bits per heavy atom. The van der Waals surface area contributed by atoms with E-state index >= 15 is 0 Å². The van der Waals surface area contributed by atoms with Gasteiger partial charge in [0, 0.05) is 17.1 Å². The Hall–Kier alpha value is 0.159. The third-order valence-electron chi connectivity index (χ3n) is 4.18. The van der Waals surface area contributed by atoms with Crippen molar-refractivity contribution in [3.8, 4) is 0 Å². The van der Waals surface area contributed by atoms with Gasteiger partial charge in [0.25, 0.3) is 0 Å². The minimum absolute atomic E-state index is 0. The van der Waals surface area contributed by atoms with Crippen molar-refractivity contribution in [3.05, 3.63) is 15.3 Å².